The van der Waals surface area contributed by atoms with E-state index in [0.29, 0.717) is 6.04 Å². The molecule has 0 spiro atoms. The van der Waals surface area contributed by atoms with Gasteiger partial charge in [0.2, 0.25) is 0 Å². The summed E-state index contributed by atoms with van der Waals surface area (Å²) >= 11 is 0. The number of carbonyl (C=O) groups is 1. The Balaban J connectivity index is 2.06. The normalized spacial score (nSPS) is 19.3. The Morgan fingerprint density at radius 2 is 2.20 bits per heavy atom. The molecule has 1 aliphatic heterocycles. The number of piperidine rings is 1. The second kappa shape index (κ2) is 4.02. The van der Waals surface area contributed by atoms with Gasteiger partial charge in [0.15, 0.2) is 0 Å². The minimum atomic E-state index is -0.908. The van der Waals surface area contributed by atoms with Crippen molar-refractivity contribution in [2.45, 2.75) is 18.9 Å². The van der Waals surface area contributed by atoms with Gasteiger partial charge in [0.25, 0.3) is 0 Å². The zero-order valence-electron chi connectivity index (χ0n) is 8.76. The average molecular weight is 209 g/mol. The maximum absolute atomic E-state index is 10.7. The van der Waals surface area contributed by atoms with E-state index in [4.69, 9.17) is 5.11 Å². The van der Waals surface area contributed by atoms with E-state index in [1.807, 2.05) is 0 Å². The smallest absolute Gasteiger partial charge is 0.338 e. The Bertz CT molecular complexity index is 353. The molecule has 5 nitrogen and oxygen atoms in total. The molecule has 2 heterocycles. The van der Waals surface area contributed by atoms with Gasteiger partial charge in [-0.1, -0.05) is 0 Å². The second-order valence-electron chi connectivity index (χ2n) is 4.05. The van der Waals surface area contributed by atoms with E-state index in [1.165, 1.54) is 6.20 Å². The van der Waals surface area contributed by atoms with Crippen molar-refractivity contribution < 1.29 is 9.90 Å². The Hall–Kier alpha value is -1.36. The third-order valence-electron chi connectivity index (χ3n) is 2.91. The summed E-state index contributed by atoms with van der Waals surface area (Å²) in [5.74, 6) is -0.908. The van der Waals surface area contributed by atoms with Crippen LogP contribution in [0.1, 0.15) is 29.2 Å². The van der Waals surface area contributed by atoms with Crippen LogP contribution in [0.15, 0.2) is 12.4 Å². The van der Waals surface area contributed by atoms with Gasteiger partial charge in [0.05, 0.1) is 17.8 Å². The minimum absolute atomic E-state index is 0.272. The van der Waals surface area contributed by atoms with Crippen LogP contribution in [0.5, 0.6) is 0 Å². The number of hydrogen-bond acceptors (Lipinski definition) is 3. The predicted octanol–water partition coefficient (Wildman–Crippen LogP) is 0.848. The van der Waals surface area contributed by atoms with Crippen LogP contribution in [0.4, 0.5) is 0 Å². The van der Waals surface area contributed by atoms with Crippen LogP contribution in [-0.4, -0.2) is 45.9 Å². The molecule has 1 aliphatic rings. The van der Waals surface area contributed by atoms with Crippen LogP contribution in [0.2, 0.25) is 0 Å². The predicted molar refractivity (Wildman–Crippen MR) is 55.0 cm³/mol. The number of hydrogen-bond donors (Lipinski definition) is 1. The number of carboxylic acid groups (broad SMARTS) is 1. The van der Waals surface area contributed by atoms with Crippen LogP contribution in [0, 0.1) is 0 Å². The SMILES string of the molecule is CN1CCC(n2cc(C(=O)O)cn2)CC1. The number of carboxylic acids is 1. The van der Waals surface area contributed by atoms with Gasteiger partial charge in [-0.3, -0.25) is 4.68 Å². The van der Waals surface area contributed by atoms with E-state index in [1.54, 1.807) is 10.9 Å². The molecule has 0 aromatic carbocycles. The van der Waals surface area contributed by atoms with Crippen LogP contribution >= 0.6 is 0 Å². The average Bonchev–Trinajstić information content (AvgIpc) is 2.68. The first-order chi connectivity index (χ1) is 7.16. The first-order valence-corrected chi connectivity index (χ1v) is 5.13. The lowest BCUT2D eigenvalue weighted by Gasteiger charge is -2.28. The van der Waals surface area contributed by atoms with Gasteiger partial charge in [-0.05, 0) is 33.0 Å². The summed E-state index contributed by atoms with van der Waals surface area (Å²) in [5.41, 5.74) is 0.272. The summed E-state index contributed by atoms with van der Waals surface area (Å²) < 4.78 is 1.79. The van der Waals surface area contributed by atoms with E-state index < -0.39 is 5.97 Å². The molecular weight excluding hydrogens is 194 g/mol. The van der Waals surface area contributed by atoms with E-state index in [-0.39, 0.29) is 5.56 Å². The second-order valence-corrected chi connectivity index (χ2v) is 4.05. The Morgan fingerprint density at radius 1 is 1.53 bits per heavy atom. The molecule has 1 fully saturated rings. The first kappa shape index (κ1) is 10.2. The van der Waals surface area contributed by atoms with Gasteiger partial charge < -0.3 is 10.0 Å². The molecule has 82 valence electrons. The summed E-state index contributed by atoms with van der Waals surface area (Å²) in [4.78, 5) is 13.0. The summed E-state index contributed by atoms with van der Waals surface area (Å²) in [6.45, 7) is 2.10. The molecule has 0 atom stereocenters. The molecule has 1 saturated heterocycles. The van der Waals surface area contributed by atoms with Gasteiger partial charge in [-0.25, -0.2) is 4.79 Å². The van der Waals surface area contributed by atoms with Crippen molar-refractivity contribution in [2.24, 2.45) is 0 Å². The van der Waals surface area contributed by atoms with E-state index in [2.05, 4.69) is 17.0 Å². The quantitative estimate of drug-likeness (QED) is 0.784. The molecule has 0 aliphatic carbocycles. The van der Waals surface area contributed by atoms with Crippen molar-refractivity contribution in [2.75, 3.05) is 20.1 Å². The summed E-state index contributed by atoms with van der Waals surface area (Å²) in [5, 5.41) is 12.9. The highest BCUT2D eigenvalue weighted by Crippen LogP contribution is 2.20. The van der Waals surface area contributed by atoms with E-state index >= 15 is 0 Å². The van der Waals surface area contributed by atoms with Crippen LogP contribution in [0.25, 0.3) is 0 Å². The van der Waals surface area contributed by atoms with Crippen LogP contribution < -0.4 is 0 Å². The maximum atomic E-state index is 10.7. The van der Waals surface area contributed by atoms with Crippen molar-refractivity contribution in [3.63, 3.8) is 0 Å². The summed E-state index contributed by atoms with van der Waals surface area (Å²) in [6, 6.07) is 0.356. The van der Waals surface area contributed by atoms with Crippen LogP contribution in [0.3, 0.4) is 0 Å². The molecule has 0 amide bonds. The van der Waals surface area contributed by atoms with Gasteiger partial charge >= 0.3 is 5.97 Å². The maximum Gasteiger partial charge on any atom is 0.338 e. The molecule has 0 radical (unpaired) electrons. The largest absolute Gasteiger partial charge is 0.478 e. The first-order valence-electron chi connectivity index (χ1n) is 5.13. The number of likely N-dealkylation sites (tertiary alicyclic amines) is 1. The molecule has 5 heteroatoms. The van der Waals surface area contributed by atoms with Crippen LogP contribution in [-0.2, 0) is 0 Å². The fourth-order valence-electron chi connectivity index (χ4n) is 1.91. The monoisotopic (exact) mass is 209 g/mol. The van der Waals surface area contributed by atoms with Crippen molar-refractivity contribution >= 4 is 5.97 Å². The molecule has 15 heavy (non-hydrogen) atoms. The molecular formula is C10H15N3O2. The molecule has 0 bridgehead atoms. The molecule has 0 saturated carbocycles. The highest BCUT2D eigenvalue weighted by atomic mass is 16.4. The Morgan fingerprint density at radius 3 is 2.73 bits per heavy atom. The number of nitrogens with zero attached hydrogens (tertiary/aromatic N) is 3. The van der Waals surface area contributed by atoms with Gasteiger partial charge in [-0.2, -0.15) is 5.10 Å². The molecule has 0 unspecified atom stereocenters. The van der Waals surface area contributed by atoms with E-state index in [0.717, 1.165) is 25.9 Å². The van der Waals surface area contributed by atoms with Gasteiger partial charge in [-0.15, -0.1) is 0 Å². The Labute approximate surface area is 88.3 Å². The highest BCUT2D eigenvalue weighted by molar-refractivity contribution is 5.86. The van der Waals surface area contributed by atoms with Gasteiger partial charge in [0, 0.05) is 6.20 Å². The topological polar surface area (TPSA) is 58.4 Å². The third-order valence-corrected chi connectivity index (χ3v) is 2.91. The lowest BCUT2D eigenvalue weighted by molar-refractivity contribution is 0.0696. The van der Waals surface area contributed by atoms with Crippen molar-refractivity contribution in [3.05, 3.63) is 18.0 Å². The van der Waals surface area contributed by atoms with Crippen molar-refractivity contribution in [3.8, 4) is 0 Å². The lowest BCUT2D eigenvalue weighted by Crippen LogP contribution is -2.31. The van der Waals surface area contributed by atoms with E-state index in [9.17, 15) is 4.79 Å². The minimum Gasteiger partial charge on any atom is -0.478 e. The number of aromatic carboxylic acids is 1. The fourth-order valence-corrected chi connectivity index (χ4v) is 1.91. The number of rotatable bonds is 2. The lowest BCUT2D eigenvalue weighted by atomic mass is 10.1. The fraction of sp³-hybridized carbons (Fsp3) is 0.600. The third kappa shape index (κ3) is 2.18. The standard InChI is InChI=1S/C10H15N3O2/c1-12-4-2-9(3-5-12)13-7-8(6-11-13)10(14)15/h6-7,9H,2-5H2,1H3,(H,14,15). The zero-order valence-corrected chi connectivity index (χ0v) is 8.76. The molecule has 1 N–H and O–H groups in total. The number of aromatic nitrogens is 2. The molecule has 2 rings (SSSR count). The summed E-state index contributed by atoms with van der Waals surface area (Å²) in [7, 11) is 2.10. The Kier molecular flexibility index (Phi) is 2.73. The van der Waals surface area contributed by atoms with Crippen molar-refractivity contribution in [1.29, 1.82) is 0 Å². The highest BCUT2D eigenvalue weighted by Gasteiger charge is 2.19. The molecule has 1 aromatic heterocycles. The molecule has 1 aromatic rings. The van der Waals surface area contributed by atoms with Gasteiger partial charge in [0.1, 0.15) is 0 Å². The summed E-state index contributed by atoms with van der Waals surface area (Å²) in [6.07, 6.45) is 5.12. The van der Waals surface area contributed by atoms with Crippen molar-refractivity contribution in [1.82, 2.24) is 14.7 Å². The zero-order chi connectivity index (χ0) is 10.8.